The minimum absolute atomic E-state index is 0.143. The number of nitrogens with zero attached hydrogens (tertiary/aromatic N) is 2. The van der Waals surface area contributed by atoms with Crippen molar-refractivity contribution in [3.63, 3.8) is 0 Å². The van der Waals surface area contributed by atoms with Crippen LogP contribution in [0.1, 0.15) is 16.1 Å². The fraction of sp³-hybridized carbons (Fsp3) is 0.100. The summed E-state index contributed by atoms with van der Waals surface area (Å²) >= 11 is 1.45. The van der Waals surface area contributed by atoms with Crippen LogP contribution >= 0.6 is 11.3 Å². The Morgan fingerprint density at radius 3 is 2.89 bits per heavy atom. The van der Waals surface area contributed by atoms with Gasteiger partial charge in [-0.3, -0.25) is 9.20 Å². The normalized spacial score (nSPS) is 12.4. The number of nitrogens with one attached hydrogen (secondary N) is 1. The van der Waals surface area contributed by atoms with Crippen molar-refractivity contribution in [1.82, 2.24) is 14.7 Å². The van der Waals surface area contributed by atoms with Gasteiger partial charge < -0.3 is 14.8 Å². The highest BCUT2D eigenvalue weighted by Crippen LogP contribution is 2.32. The van der Waals surface area contributed by atoms with Crippen LogP contribution in [0.25, 0.3) is 16.2 Å². The van der Waals surface area contributed by atoms with Crippen molar-refractivity contribution in [2.45, 2.75) is 6.54 Å². The van der Waals surface area contributed by atoms with E-state index >= 15 is 0 Å². The number of hydrogen-bond acceptors (Lipinski definition) is 5. The number of ether oxygens (including phenoxy) is 2. The van der Waals surface area contributed by atoms with E-state index in [-0.39, 0.29) is 12.7 Å². The Kier molecular flexibility index (Phi) is 3.79. The number of amides is 1. The second-order valence-electron chi connectivity index (χ2n) is 6.14. The lowest BCUT2D eigenvalue weighted by molar-refractivity contribution is 0.0945. The van der Waals surface area contributed by atoms with Crippen molar-refractivity contribution >= 4 is 22.2 Å². The predicted molar refractivity (Wildman–Crippen MR) is 102 cm³/mol. The fourth-order valence-electron chi connectivity index (χ4n) is 3.02. The molecule has 0 saturated heterocycles. The van der Waals surface area contributed by atoms with Gasteiger partial charge in [-0.25, -0.2) is 4.98 Å². The zero-order valence-corrected chi connectivity index (χ0v) is 15.0. The molecule has 5 rings (SSSR count). The topological polar surface area (TPSA) is 64.9 Å². The largest absolute Gasteiger partial charge is 0.454 e. The average Bonchev–Trinajstić information content (AvgIpc) is 3.41. The molecule has 134 valence electrons. The summed E-state index contributed by atoms with van der Waals surface area (Å²) in [5.41, 5.74) is 3.41. The number of thiazole rings is 1. The first-order valence-corrected chi connectivity index (χ1v) is 9.35. The summed E-state index contributed by atoms with van der Waals surface area (Å²) in [6.45, 7) is 0.648. The van der Waals surface area contributed by atoms with Crippen molar-refractivity contribution in [3.8, 4) is 22.8 Å². The summed E-state index contributed by atoms with van der Waals surface area (Å²) in [7, 11) is 0. The third kappa shape index (κ3) is 2.92. The number of carbonyl (C=O) groups is 1. The number of rotatable bonds is 4. The lowest BCUT2D eigenvalue weighted by Crippen LogP contribution is -2.23. The molecule has 1 aliphatic heterocycles. The number of hydrogen-bond donors (Lipinski definition) is 1. The van der Waals surface area contributed by atoms with Gasteiger partial charge >= 0.3 is 0 Å². The molecule has 27 heavy (non-hydrogen) atoms. The number of fused-ring (bicyclic) bond motifs is 2. The number of carbonyl (C=O) groups excluding carboxylic acids is 1. The van der Waals surface area contributed by atoms with E-state index < -0.39 is 0 Å². The molecule has 2 aromatic carbocycles. The number of aromatic nitrogens is 2. The van der Waals surface area contributed by atoms with Gasteiger partial charge in [0.2, 0.25) is 6.79 Å². The van der Waals surface area contributed by atoms with Crippen LogP contribution in [-0.2, 0) is 6.54 Å². The molecule has 1 aliphatic rings. The van der Waals surface area contributed by atoms with Gasteiger partial charge in [0, 0.05) is 23.7 Å². The highest BCUT2D eigenvalue weighted by atomic mass is 32.1. The van der Waals surface area contributed by atoms with Crippen molar-refractivity contribution in [2.24, 2.45) is 0 Å². The predicted octanol–water partition coefficient (Wildman–Crippen LogP) is 3.72. The van der Waals surface area contributed by atoms with Crippen molar-refractivity contribution < 1.29 is 14.3 Å². The highest BCUT2D eigenvalue weighted by molar-refractivity contribution is 7.15. The zero-order valence-electron chi connectivity index (χ0n) is 14.2. The molecule has 0 atom stereocenters. The van der Waals surface area contributed by atoms with E-state index in [2.05, 4.69) is 10.3 Å². The van der Waals surface area contributed by atoms with Gasteiger partial charge in [-0.1, -0.05) is 36.4 Å². The molecule has 1 N–H and O–H groups in total. The summed E-state index contributed by atoms with van der Waals surface area (Å²) in [5, 5.41) is 4.78. The van der Waals surface area contributed by atoms with Crippen molar-refractivity contribution in [3.05, 3.63) is 71.4 Å². The van der Waals surface area contributed by atoms with Gasteiger partial charge in [0.25, 0.3) is 5.91 Å². The molecule has 0 bridgehead atoms. The SMILES string of the molecule is O=C(NCc1ccc2c(c1)OCO2)c1csc2nc(-c3ccccc3)cn12. The first kappa shape index (κ1) is 15.9. The number of imidazole rings is 1. The van der Waals surface area contributed by atoms with Crippen LogP contribution < -0.4 is 14.8 Å². The van der Waals surface area contributed by atoms with Crippen LogP contribution in [0.2, 0.25) is 0 Å². The fourth-order valence-corrected chi connectivity index (χ4v) is 3.87. The van der Waals surface area contributed by atoms with Gasteiger partial charge in [0.05, 0.1) is 5.69 Å². The smallest absolute Gasteiger partial charge is 0.269 e. The lowest BCUT2D eigenvalue weighted by Gasteiger charge is -2.05. The Morgan fingerprint density at radius 2 is 2.00 bits per heavy atom. The van der Waals surface area contributed by atoms with E-state index in [9.17, 15) is 4.79 Å². The van der Waals surface area contributed by atoms with Crippen LogP contribution in [-0.4, -0.2) is 22.1 Å². The van der Waals surface area contributed by atoms with Crippen LogP contribution in [0.15, 0.2) is 60.1 Å². The second-order valence-corrected chi connectivity index (χ2v) is 6.97. The molecule has 0 aliphatic carbocycles. The molecular formula is C20H15N3O3S. The van der Waals surface area contributed by atoms with Crippen LogP contribution in [0.3, 0.4) is 0 Å². The second kappa shape index (κ2) is 6.44. The van der Waals surface area contributed by atoms with Crippen LogP contribution in [0, 0.1) is 0 Å². The number of benzene rings is 2. The molecule has 2 aromatic heterocycles. The Bertz CT molecular complexity index is 1130. The standard InChI is InChI=1S/C20H15N3O3S/c24-19(21-9-13-6-7-17-18(8-13)26-12-25-17)16-11-27-20-22-15(10-23(16)20)14-4-2-1-3-5-14/h1-8,10-11H,9,12H2,(H,21,24). The van der Waals surface area contributed by atoms with Gasteiger partial charge in [-0.15, -0.1) is 11.3 Å². The lowest BCUT2D eigenvalue weighted by atomic mass is 10.2. The van der Waals surface area contributed by atoms with E-state index in [0.717, 1.165) is 27.5 Å². The molecule has 0 radical (unpaired) electrons. The minimum atomic E-state index is -0.143. The summed E-state index contributed by atoms with van der Waals surface area (Å²) in [4.78, 5) is 18.1. The minimum Gasteiger partial charge on any atom is -0.454 e. The Morgan fingerprint density at radius 1 is 1.15 bits per heavy atom. The zero-order chi connectivity index (χ0) is 18.2. The molecule has 4 aromatic rings. The van der Waals surface area contributed by atoms with Gasteiger partial charge in [-0.05, 0) is 17.7 Å². The van der Waals surface area contributed by atoms with Crippen molar-refractivity contribution in [1.29, 1.82) is 0 Å². The molecule has 0 unspecified atom stereocenters. The first-order valence-electron chi connectivity index (χ1n) is 8.47. The van der Waals surface area contributed by atoms with Crippen LogP contribution in [0.5, 0.6) is 11.5 Å². The monoisotopic (exact) mass is 377 g/mol. The van der Waals surface area contributed by atoms with Crippen molar-refractivity contribution in [2.75, 3.05) is 6.79 Å². The molecule has 0 spiro atoms. The molecule has 1 amide bonds. The summed E-state index contributed by atoms with van der Waals surface area (Å²) < 4.78 is 12.5. The van der Waals surface area contributed by atoms with E-state index in [1.807, 2.05) is 64.5 Å². The Balaban J connectivity index is 1.35. The summed E-state index contributed by atoms with van der Waals surface area (Å²) in [6, 6.07) is 15.6. The maximum absolute atomic E-state index is 12.7. The summed E-state index contributed by atoms with van der Waals surface area (Å²) in [6.07, 6.45) is 1.90. The molecular weight excluding hydrogens is 362 g/mol. The van der Waals surface area contributed by atoms with Gasteiger partial charge in [-0.2, -0.15) is 0 Å². The molecule has 0 fully saturated rings. The summed E-state index contributed by atoms with van der Waals surface area (Å²) in [5.74, 6) is 1.30. The van der Waals surface area contributed by atoms with Gasteiger partial charge in [0.15, 0.2) is 16.5 Å². The average molecular weight is 377 g/mol. The first-order chi connectivity index (χ1) is 13.3. The highest BCUT2D eigenvalue weighted by Gasteiger charge is 2.16. The third-order valence-corrected chi connectivity index (χ3v) is 5.24. The molecule has 7 heteroatoms. The van der Waals surface area contributed by atoms with E-state index in [1.54, 1.807) is 0 Å². The molecule has 3 heterocycles. The van der Waals surface area contributed by atoms with E-state index in [4.69, 9.17) is 9.47 Å². The van der Waals surface area contributed by atoms with E-state index in [1.165, 1.54) is 11.3 Å². The maximum Gasteiger partial charge on any atom is 0.269 e. The van der Waals surface area contributed by atoms with E-state index in [0.29, 0.717) is 18.0 Å². The molecule has 0 saturated carbocycles. The maximum atomic E-state index is 12.7. The third-order valence-electron chi connectivity index (χ3n) is 4.40. The Hall–Kier alpha value is -3.32. The van der Waals surface area contributed by atoms with Crippen LogP contribution in [0.4, 0.5) is 0 Å². The quantitative estimate of drug-likeness (QED) is 0.589. The molecule has 6 nitrogen and oxygen atoms in total. The van der Waals surface area contributed by atoms with Gasteiger partial charge in [0.1, 0.15) is 5.69 Å². The Labute approximate surface area is 159 Å².